The molecule has 27 heavy (non-hydrogen) atoms. The number of likely N-dealkylation sites (tertiary alicyclic amines) is 1. The highest BCUT2D eigenvalue weighted by molar-refractivity contribution is 5.67. The Hall–Kier alpha value is -1.86. The van der Waals surface area contributed by atoms with Gasteiger partial charge in [0.25, 0.3) is 0 Å². The van der Waals surface area contributed by atoms with Crippen LogP contribution < -0.4 is 4.74 Å². The van der Waals surface area contributed by atoms with E-state index in [2.05, 4.69) is 9.80 Å². The number of amides is 1. The molecule has 2 aliphatic rings. The Balaban J connectivity index is 1.52. The lowest BCUT2D eigenvalue weighted by Crippen LogP contribution is -2.55. The van der Waals surface area contributed by atoms with Crippen molar-refractivity contribution in [1.29, 1.82) is 0 Å². The summed E-state index contributed by atoms with van der Waals surface area (Å²) in [5.41, 5.74) is 1.07. The Bertz CT molecular complexity index is 635. The van der Waals surface area contributed by atoms with Crippen LogP contribution in [0.15, 0.2) is 18.2 Å². The first kappa shape index (κ1) is 19.9. The Morgan fingerprint density at radius 1 is 1.22 bits per heavy atom. The second kappa shape index (κ2) is 9.37. The number of halogens is 1. The average Bonchev–Trinajstić information content (AvgIpc) is 2.70. The van der Waals surface area contributed by atoms with Gasteiger partial charge < -0.3 is 14.4 Å². The van der Waals surface area contributed by atoms with Gasteiger partial charge in [0.15, 0.2) is 11.6 Å². The molecule has 2 fully saturated rings. The first-order valence-electron chi connectivity index (χ1n) is 9.81. The second-order valence-electron chi connectivity index (χ2n) is 7.22. The van der Waals surface area contributed by atoms with Gasteiger partial charge in [-0.1, -0.05) is 6.07 Å². The van der Waals surface area contributed by atoms with Crippen molar-refractivity contribution in [3.8, 4) is 5.75 Å². The van der Waals surface area contributed by atoms with Crippen LogP contribution in [-0.4, -0.2) is 79.8 Å². The summed E-state index contributed by atoms with van der Waals surface area (Å²) >= 11 is 0. The van der Waals surface area contributed by atoms with Crippen molar-refractivity contribution in [2.45, 2.75) is 32.4 Å². The number of piperazine rings is 1. The number of carbonyl (C=O) groups is 1. The maximum absolute atomic E-state index is 13.6. The zero-order valence-corrected chi connectivity index (χ0v) is 16.3. The minimum absolute atomic E-state index is 0.201. The first-order valence-corrected chi connectivity index (χ1v) is 9.81. The van der Waals surface area contributed by atoms with Crippen LogP contribution in [0.3, 0.4) is 0 Å². The highest BCUT2D eigenvalue weighted by Gasteiger charge is 2.29. The molecular weight excluding hydrogens is 349 g/mol. The number of nitrogens with zero attached hydrogens (tertiary/aromatic N) is 3. The van der Waals surface area contributed by atoms with Crippen molar-refractivity contribution in [2.24, 2.45) is 0 Å². The van der Waals surface area contributed by atoms with E-state index >= 15 is 0 Å². The number of hydrogen-bond donors (Lipinski definition) is 0. The van der Waals surface area contributed by atoms with E-state index < -0.39 is 0 Å². The van der Waals surface area contributed by atoms with Crippen molar-refractivity contribution < 1.29 is 18.7 Å². The smallest absolute Gasteiger partial charge is 0.409 e. The van der Waals surface area contributed by atoms with E-state index in [1.54, 1.807) is 11.0 Å². The zero-order valence-electron chi connectivity index (χ0n) is 16.3. The molecule has 1 unspecified atom stereocenters. The Morgan fingerprint density at radius 3 is 2.70 bits per heavy atom. The fourth-order valence-corrected chi connectivity index (χ4v) is 4.02. The molecule has 7 heteroatoms. The van der Waals surface area contributed by atoms with Crippen LogP contribution in [0.25, 0.3) is 0 Å². The molecule has 0 N–H and O–H groups in total. The van der Waals surface area contributed by atoms with E-state index in [0.717, 1.165) is 57.8 Å². The number of methoxy groups -OCH3 is 1. The molecule has 3 rings (SSSR count). The maximum Gasteiger partial charge on any atom is 0.409 e. The molecule has 1 atom stereocenters. The maximum atomic E-state index is 13.6. The molecule has 1 aromatic rings. The summed E-state index contributed by atoms with van der Waals surface area (Å²) in [6.45, 7) is 8.35. The third-order valence-electron chi connectivity index (χ3n) is 5.46. The molecule has 0 spiro atoms. The molecule has 2 saturated heterocycles. The summed E-state index contributed by atoms with van der Waals surface area (Å²) in [7, 11) is 1.50. The third-order valence-corrected chi connectivity index (χ3v) is 5.46. The molecule has 1 aromatic carbocycles. The highest BCUT2D eigenvalue weighted by Crippen LogP contribution is 2.23. The average molecular weight is 379 g/mol. The normalized spacial score (nSPS) is 21.9. The molecule has 0 aliphatic carbocycles. The Labute approximate surface area is 160 Å². The van der Waals surface area contributed by atoms with Gasteiger partial charge in [-0.3, -0.25) is 9.80 Å². The van der Waals surface area contributed by atoms with Crippen molar-refractivity contribution in [3.63, 3.8) is 0 Å². The Kier molecular flexibility index (Phi) is 6.90. The van der Waals surface area contributed by atoms with Crippen LogP contribution in [0, 0.1) is 5.82 Å². The molecule has 0 radical (unpaired) electrons. The zero-order chi connectivity index (χ0) is 19.2. The number of rotatable bonds is 5. The molecule has 6 nitrogen and oxygen atoms in total. The summed E-state index contributed by atoms with van der Waals surface area (Å²) in [6.07, 6.45) is 2.14. The molecule has 2 heterocycles. The van der Waals surface area contributed by atoms with Gasteiger partial charge in [-0.25, -0.2) is 9.18 Å². The fraction of sp³-hybridized carbons (Fsp3) is 0.650. The lowest BCUT2D eigenvalue weighted by molar-refractivity contribution is 0.0412. The van der Waals surface area contributed by atoms with Gasteiger partial charge in [0.1, 0.15) is 0 Å². The van der Waals surface area contributed by atoms with Crippen LogP contribution in [0.5, 0.6) is 5.75 Å². The molecule has 0 saturated carbocycles. The molecule has 1 amide bonds. The standard InChI is InChI=1S/C20H30FN3O3/c1-3-27-20(25)24-11-9-23(10-12-24)17-5-4-8-22(15-17)14-16-6-7-18(21)19(13-16)26-2/h6-7,13,17H,3-5,8-12,14-15H2,1-2H3. The molecule has 2 aliphatic heterocycles. The SMILES string of the molecule is CCOC(=O)N1CCN(C2CCCN(Cc3ccc(F)c(OC)c3)C2)CC1. The van der Waals surface area contributed by atoms with Gasteiger partial charge in [0.05, 0.1) is 13.7 Å². The van der Waals surface area contributed by atoms with Crippen LogP contribution in [-0.2, 0) is 11.3 Å². The minimum atomic E-state index is -0.322. The topological polar surface area (TPSA) is 45.2 Å². The van der Waals surface area contributed by atoms with Crippen LogP contribution in [0.2, 0.25) is 0 Å². The first-order chi connectivity index (χ1) is 13.1. The molecular formula is C20H30FN3O3. The number of benzene rings is 1. The van der Waals surface area contributed by atoms with E-state index in [-0.39, 0.29) is 11.9 Å². The molecule has 0 aromatic heterocycles. The fourth-order valence-electron chi connectivity index (χ4n) is 4.02. The predicted molar refractivity (Wildman–Crippen MR) is 101 cm³/mol. The number of carbonyl (C=O) groups excluding carboxylic acids is 1. The van der Waals surface area contributed by atoms with Crippen LogP contribution in [0.1, 0.15) is 25.3 Å². The van der Waals surface area contributed by atoms with Gasteiger partial charge in [0, 0.05) is 45.3 Å². The second-order valence-corrected chi connectivity index (χ2v) is 7.22. The number of hydrogen-bond acceptors (Lipinski definition) is 5. The lowest BCUT2D eigenvalue weighted by atomic mass is 10.0. The third kappa shape index (κ3) is 5.11. The minimum Gasteiger partial charge on any atom is -0.494 e. The van der Waals surface area contributed by atoms with E-state index in [0.29, 0.717) is 18.4 Å². The summed E-state index contributed by atoms with van der Waals surface area (Å²) < 4.78 is 23.8. The summed E-state index contributed by atoms with van der Waals surface area (Å²) in [5, 5.41) is 0. The van der Waals surface area contributed by atoms with Gasteiger partial charge >= 0.3 is 6.09 Å². The summed E-state index contributed by atoms with van der Waals surface area (Å²) in [5.74, 6) is -0.0200. The monoisotopic (exact) mass is 379 g/mol. The van der Waals surface area contributed by atoms with Gasteiger partial charge in [-0.15, -0.1) is 0 Å². The number of piperidine rings is 1. The van der Waals surface area contributed by atoms with Crippen molar-refractivity contribution in [1.82, 2.24) is 14.7 Å². The largest absolute Gasteiger partial charge is 0.494 e. The van der Waals surface area contributed by atoms with E-state index in [1.165, 1.54) is 19.6 Å². The van der Waals surface area contributed by atoms with E-state index in [9.17, 15) is 9.18 Å². The van der Waals surface area contributed by atoms with Crippen molar-refractivity contribution >= 4 is 6.09 Å². The predicted octanol–water partition coefficient (Wildman–Crippen LogP) is 2.57. The summed E-state index contributed by atoms with van der Waals surface area (Å²) in [4.78, 5) is 18.6. The van der Waals surface area contributed by atoms with E-state index in [1.807, 2.05) is 13.0 Å². The van der Waals surface area contributed by atoms with E-state index in [4.69, 9.17) is 9.47 Å². The molecule has 150 valence electrons. The van der Waals surface area contributed by atoms with Gasteiger partial charge in [0.2, 0.25) is 0 Å². The van der Waals surface area contributed by atoms with Crippen LogP contribution in [0.4, 0.5) is 9.18 Å². The van der Waals surface area contributed by atoms with Crippen molar-refractivity contribution in [3.05, 3.63) is 29.6 Å². The summed E-state index contributed by atoms with van der Waals surface area (Å²) in [6, 6.07) is 5.60. The highest BCUT2D eigenvalue weighted by atomic mass is 19.1. The quantitative estimate of drug-likeness (QED) is 0.787. The van der Waals surface area contributed by atoms with Gasteiger partial charge in [-0.05, 0) is 44.0 Å². The molecule has 0 bridgehead atoms. The van der Waals surface area contributed by atoms with Crippen molar-refractivity contribution in [2.75, 3.05) is 53.0 Å². The number of ether oxygens (including phenoxy) is 2. The van der Waals surface area contributed by atoms with Gasteiger partial charge in [-0.2, -0.15) is 0 Å². The lowest BCUT2D eigenvalue weighted by Gasteiger charge is -2.43. The van der Waals surface area contributed by atoms with Crippen LogP contribution >= 0.6 is 0 Å². The Morgan fingerprint density at radius 2 is 2.00 bits per heavy atom.